The third kappa shape index (κ3) is 3.28. The van der Waals surface area contributed by atoms with Crippen molar-refractivity contribution in [2.24, 2.45) is 0 Å². The van der Waals surface area contributed by atoms with Gasteiger partial charge in [0.15, 0.2) is 6.61 Å². The Hall–Kier alpha value is -2.86. The van der Waals surface area contributed by atoms with E-state index in [0.29, 0.717) is 10.2 Å². The van der Waals surface area contributed by atoms with Crippen LogP contribution in [-0.2, 0) is 4.79 Å². The van der Waals surface area contributed by atoms with E-state index in [-0.39, 0.29) is 12.3 Å². The number of aromatic nitrogens is 1. The summed E-state index contributed by atoms with van der Waals surface area (Å²) in [6.45, 7) is -0.207. The van der Waals surface area contributed by atoms with Gasteiger partial charge in [-0.1, -0.05) is 34.1 Å². The highest BCUT2D eigenvalue weighted by Gasteiger charge is 2.09. The maximum atomic E-state index is 13.8. The summed E-state index contributed by atoms with van der Waals surface area (Å²) >= 11 is 3.18. The number of amides is 1. The topological polar surface area (TPSA) is 54.1 Å². The highest BCUT2D eigenvalue weighted by atomic mass is 79.9. The second-order valence-electron chi connectivity index (χ2n) is 5.84. The molecule has 4 aromatic rings. The van der Waals surface area contributed by atoms with E-state index in [0.717, 1.165) is 21.8 Å². The molecule has 0 atom stereocenters. The molecule has 0 aliphatic rings. The molecule has 0 radical (unpaired) electrons. The van der Waals surface area contributed by atoms with Crippen molar-refractivity contribution in [3.63, 3.8) is 0 Å². The molecule has 1 aromatic heterocycles. The average Bonchev–Trinajstić information content (AvgIpc) is 3.00. The van der Waals surface area contributed by atoms with Crippen molar-refractivity contribution in [3.8, 4) is 5.75 Å². The number of ether oxygens (including phenoxy) is 1. The van der Waals surface area contributed by atoms with E-state index < -0.39 is 11.7 Å². The number of hydrogen-bond acceptors (Lipinski definition) is 2. The molecule has 3 aromatic carbocycles. The quantitative estimate of drug-likeness (QED) is 0.481. The zero-order valence-corrected chi connectivity index (χ0v) is 15.1. The lowest BCUT2D eigenvalue weighted by Crippen LogP contribution is -2.20. The molecule has 6 heteroatoms. The minimum atomic E-state index is -0.507. The van der Waals surface area contributed by atoms with Crippen LogP contribution in [0.25, 0.3) is 21.8 Å². The summed E-state index contributed by atoms with van der Waals surface area (Å²) in [5.74, 6) is -0.370. The van der Waals surface area contributed by atoms with E-state index in [9.17, 15) is 9.18 Å². The fourth-order valence-corrected chi connectivity index (χ4v) is 3.18. The predicted octanol–water partition coefficient (Wildman–Crippen LogP) is 5.24. The number of rotatable bonds is 4. The Morgan fingerprint density at radius 1 is 1.04 bits per heavy atom. The summed E-state index contributed by atoms with van der Waals surface area (Å²) in [6, 6.07) is 18.1. The molecule has 0 saturated carbocycles. The molecule has 0 aliphatic carbocycles. The lowest BCUT2D eigenvalue weighted by molar-refractivity contribution is -0.118. The van der Waals surface area contributed by atoms with E-state index in [1.54, 1.807) is 6.07 Å². The SMILES string of the molecule is O=C(COc1ccc2c(c1)[nH]c1ccccc12)Nc1ccc(Br)cc1F. The maximum Gasteiger partial charge on any atom is 0.262 e. The molecule has 0 fully saturated rings. The van der Waals surface area contributed by atoms with Crippen LogP contribution in [0.3, 0.4) is 0 Å². The van der Waals surface area contributed by atoms with Gasteiger partial charge in [0, 0.05) is 26.8 Å². The molecule has 0 bridgehead atoms. The van der Waals surface area contributed by atoms with Gasteiger partial charge in [-0.15, -0.1) is 0 Å². The molecule has 130 valence electrons. The van der Waals surface area contributed by atoms with Crippen molar-refractivity contribution in [1.82, 2.24) is 4.98 Å². The van der Waals surface area contributed by atoms with Gasteiger partial charge in [-0.3, -0.25) is 4.79 Å². The zero-order chi connectivity index (χ0) is 18.1. The molecule has 0 saturated heterocycles. The molecule has 1 amide bonds. The Balaban J connectivity index is 1.47. The van der Waals surface area contributed by atoms with Crippen LogP contribution in [0.1, 0.15) is 0 Å². The fourth-order valence-electron chi connectivity index (χ4n) is 2.85. The number of para-hydroxylation sites is 1. The molecule has 4 nitrogen and oxygen atoms in total. The van der Waals surface area contributed by atoms with Gasteiger partial charge in [-0.25, -0.2) is 4.39 Å². The summed E-state index contributed by atoms with van der Waals surface area (Å²) in [5.41, 5.74) is 2.10. The Bertz CT molecular complexity index is 1120. The number of hydrogen-bond donors (Lipinski definition) is 2. The number of H-pyrrole nitrogens is 1. The fraction of sp³-hybridized carbons (Fsp3) is 0.0500. The van der Waals surface area contributed by atoms with Gasteiger partial charge in [-0.05, 0) is 36.4 Å². The Morgan fingerprint density at radius 3 is 2.69 bits per heavy atom. The summed E-state index contributed by atoms with van der Waals surface area (Å²) < 4.78 is 19.9. The van der Waals surface area contributed by atoms with Crippen LogP contribution < -0.4 is 10.1 Å². The van der Waals surface area contributed by atoms with Crippen LogP contribution in [0.2, 0.25) is 0 Å². The highest BCUT2D eigenvalue weighted by Crippen LogP contribution is 2.28. The van der Waals surface area contributed by atoms with E-state index in [1.165, 1.54) is 12.1 Å². The number of fused-ring (bicyclic) bond motifs is 3. The van der Waals surface area contributed by atoms with Crippen molar-refractivity contribution < 1.29 is 13.9 Å². The molecular formula is C20H14BrFN2O2. The number of carbonyl (C=O) groups excluding carboxylic acids is 1. The van der Waals surface area contributed by atoms with Gasteiger partial charge in [-0.2, -0.15) is 0 Å². The van der Waals surface area contributed by atoms with Gasteiger partial charge in [0.1, 0.15) is 11.6 Å². The first-order valence-electron chi connectivity index (χ1n) is 7.98. The standard InChI is InChI=1S/C20H14BrFN2O2/c21-12-5-8-18(16(22)9-12)24-20(25)11-26-13-6-7-15-14-3-1-2-4-17(14)23-19(15)10-13/h1-10,23H,11H2,(H,24,25). The van der Waals surface area contributed by atoms with Crippen molar-refractivity contribution in [2.45, 2.75) is 0 Å². The summed E-state index contributed by atoms with van der Waals surface area (Å²) in [4.78, 5) is 15.3. The van der Waals surface area contributed by atoms with Gasteiger partial charge in [0.2, 0.25) is 0 Å². The van der Waals surface area contributed by atoms with Crippen molar-refractivity contribution >= 4 is 49.3 Å². The van der Waals surface area contributed by atoms with Crippen LogP contribution in [0.15, 0.2) is 65.1 Å². The van der Waals surface area contributed by atoms with Crippen LogP contribution >= 0.6 is 15.9 Å². The van der Waals surface area contributed by atoms with Crippen LogP contribution in [0.5, 0.6) is 5.75 Å². The van der Waals surface area contributed by atoms with Crippen LogP contribution in [0, 0.1) is 5.82 Å². The second kappa shape index (κ2) is 6.80. The molecule has 0 spiro atoms. The Morgan fingerprint density at radius 2 is 1.85 bits per heavy atom. The third-order valence-corrected chi connectivity index (χ3v) is 4.55. The number of anilines is 1. The molecule has 26 heavy (non-hydrogen) atoms. The van der Waals surface area contributed by atoms with Gasteiger partial charge in [0.25, 0.3) is 5.91 Å². The molecule has 0 unspecified atom stereocenters. The van der Waals surface area contributed by atoms with E-state index in [4.69, 9.17) is 4.74 Å². The van der Waals surface area contributed by atoms with Gasteiger partial charge < -0.3 is 15.0 Å². The highest BCUT2D eigenvalue weighted by molar-refractivity contribution is 9.10. The molecule has 0 aliphatic heterocycles. The number of carbonyl (C=O) groups is 1. The Kier molecular flexibility index (Phi) is 4.34. The first kappa shape index (κ1) is 16.6. The van der Waals surface area contributed by atoms with Crippen LogP contribution in [-0.4, -0.2) is 17.5 Å². The van der Waals surface area contributed by atoms with E-state index in [1.807, 2.05) is 36.4 Å². The second-order valence-corrected chi connectivity index (χ2v) is 6.75. The lowest BCUT2D eigenvalue weighted by Gasteiger charge is -2.08. The Labute approximate surface area is 157 Å². The van der Waals surface area contributed by atoms with Crippen molar-refractivity contribution in [3.05, 3.63) is 71.0 Å². The predicted molar refractivity (Wildman–Crippen MR) is 104 cm³/mol. The van der Waals surface area contributed by atoms with Crippen molar-refractivity contribution in [1.29, 1.82) is 0 Å². The van der Waals surface area contributed by atoms with Gasteiger partial charge >= 0.3 is 0 Å². The monoisotopic (exact) mass is 412 g/mol. The summed E-state index contributed by atoms with van der Waals surface area (Å²) in [6.07, 6.45) is 0. The lowest BCUT2D eigenvalue weighted by atomic mass is 10.1. The minimum absolute atomic E-state index is 0.118. The minimum Gasteiger partial charge on any atom is -0.484 e. The van der Waals surface area contributed by atoms with E-state index in [2.05, 4.69) is 32.3 Å². The first-order valence-corrected chi connectivity index (χ1v) is 8.77. The molecule has 4 rings (SSSR count). The zero-order valence-electron chi connectivity index (χ0n) is 13.6. The molecular weight excluding hydrogens is 399 g/mol. The number of benzene rings is 3. The first-order chi connectivity index (χ1) is 12.6. The van der Waals surface area contributed by atoms with Crippen LogP contribution in [0.4, 0.5) is 10.1 Å². The molecule has 2 N–H and O–H groups in total. The summed E-state index contributed by atoms with van der Waals surface area (Å²) in [7, 11) is 0. The number of nitrogens with one attached hydrogen (secondary N) is 2. The number of halogens is 2. The third-order valence-electron chi connectivity index (χ3n) is 4.05. The smallest absolute Gasteiger partial charge is 0.262 e. The van der Waals surface area contributed by atoms with Crippen molar-refractivity contribution in [2.75, 3.05) is 11.9 Å². The largest absolute Gasteiger partial charge is 0.484 e. The van der Waals surface area contributed by atoms with Gasteiger partial charge in [0.05, 0.1) is 11.2 Å². The van der Waals surface area contributed by atoms with E-state index >= 15 is 0 Å². The molecule has 1 heterocycles. The normalized spacial score (nSPS) is 11.0. The number of aromatic amines is 1. The maximum absolute atomic E-state index is 13.8. The average molecular weight is 413 g/mol. The summed E-state index contributed by atoms with van der Waals surface area (Å²) in [5, 5.41) is 4.73.